The lowest BCUT2D eigenvalue weighted by atomic mass is 10.2. The smallest absolute Gasteiger partial charge is 0.146 e. The second kappa shape index (κ2) is 6.04. The first-order chi connectivity index (χ1) is 9.10. The molecule has 0 atom stereocenters. The lowest BCUT2D eigenvalue weighted by molar-refractivity contribution is 0.476. The van der Waals surface area contributed by atoms with Crippen LogP contribution < -0.4 is 10.1 Å². The number of halogens is 2. The first-order valence-electron chi connectivity index (χ1n) is 5.97. The van der Waals surface area contributed by atoms with Crippen molar-refractivity contribution in [2.75, 3.05) is 7.05 Å². The van der Waals surface area contributed by atoms with Crippen LogP contribution in [0.25, 0.3) is 0 Å². The molecule has 2 nitrogen and oxygen atoms in total. The minimum atomic E-state index is -0.291. The highest BCUT2D eigenvalue weighted by molar-refractivity contribution is 6.32. The maximum Gasteiger partial charge on any atom is 0.146 e. The van der Waals surface area contributed by atoms with Crippen molar-refractivity contribution in [3.05, 3.63) is 58.4 Å². The fourth-order valence-corrected chi connectivity index (χ4v) is 1.95. The molecule has 0 amide bonds. The number of nitrogens with one attached hydrogen (secondary N) is 1. The van der Waals surface area contributed by atoms with Gasteiger partial charge in [0.2, 0.25) is 0 Å². The Morgan fingerprint density at radius 1 is 1.21 bits per heavy atom. The van der Waals surface area contributed by atoms with Crippen LogP contribution in [-0.2, 0) is 6.54 Å². The summed E-state index contributed by atoms with van der Waals surface area (Å²) in [5, 5.41) is 3.55. The molecule has 0 radical (unpaired) electrons. The predicted octanol–water partition coefficient (Wildman–Crippen LogP) is 4.30. The molecule has 4 heteroatoms. The van der Waals surface area contributed by atoms with Gasteiger partial charge in [-0.05, 0) is 43.3 Å². The Hall–Kier alpha value is -1.58. The van der Waals surface area contributed by atoms with Crippen LogP contribution in [0.5, 0.6) is 11.5 Å². The summed E-state index contributed by atoms with van der Waals surface area (Å²) >= 11 is 6.14. The molecule has 0 spiro atoms. The highest BCUT2D eigenvalue weighted by Gasteiger charge is 2.06. The Labute approximate surface area is 117 Å². The summed E-state index contributed by atoms with van der Waals surface area (Å²) in [6.45, 7) is 2.44. The second-order valence-electron chi connectivity index (χ2n) is 4.31. The van der Waals surface area contributed by atoms with Crippen LogP contribution in [0.15, 0.2) is 36.4 Å². The normalized spacial score (nSPS) is 10.5. The van der Waals surface area contributed by atoms with Crippen LogP contribution in [0.2, 0.25) is 5.02 Å². The maximum atomic E-state index is 13.4. The summed E-state index contributed by atoms with van der Waals surface area (Å²) in [5.41, 5.74) is 1.65. The van der Waals surface area contributed by atoms with Crippen LogP contribution >= 0.6 is 11.6 Å². The van der Waals surface area contributed by atoms with Crippen molar-refractivity contribution < 1.29 is 9.13 Å². The van der Waals surface area contributed by atoms with Gasteiger partial charge in [-0.3, -0.25) is 0 Å². The van der Waals surface area contributed by atoms with Crippen molar-refractivity contribution in [1.29, 1.82) is 0 Å². The minimum absolute atomic E-state index is 0.291. The SMILES string of the molecule is CNCc1ccc(Oc2ccc(C)c(F)c2)c(Cl)c1. The van der Waals surface area contributed by atoms with E-state index in [1.165, 1.54) is 6.07 Å². The van der Waals surface area contributed by atoms with Gasteiger partial charge in [0, 0.05) is 12.6 Å². The van der Waals surface area contributed by atoms with Crippen molar-refractivity contribution in [2.24, 2.45) is 0 Å². The molecule has 2 aromatic carbocycles. The second-order valence-corrected chi connectivity index (χ2v) is 4.72. The number of ether oxygens (including phenoxy) is 1. The summed E-state index contributed by atoms with van der Waals surface area (Å²) in [4.78, 5) is 0. The van der Waals surface area contributed by atoms with Crippen molar-refractivity contribution in [3.63, 3.8) is 0 Å². The summed E-state index contributed by atoms with van der Waals surface area (Å²) < 4.78 is 19.0. The van der Waals surface area contributed by atoms with E-state index >= 15 is 0 Å². The lowest BCUT2D eigenvalue weighted by Gasteiger charge is -2.10. The van der Waals surface area contributed by atoms with E-state index in [0.717, 1.165) is 12.1 Å². The molecule has 1 N–H and O–H groups in total. The fraction of sp³-hybridized carbons (Fsp3) is 0.200. The zero-order chi connectivity index (χ0) is 13.8. The highest BCUT2D eigenvalue weighted by atomic mass is 35.5. The number of rotatable bonds is 4. The quantitative estimate of drug-likeness (QED) is 0.901. The van der Waals surface area contributed by atoms with Gasteiger partial charge in [-0.25, -0.2) is 4.39 Å². The third-order valence-electron chi connectivity index (χ3n) is 2.75. The number of hydrogen-bond donors (Lipinski definition) is 1. The predicted molar refractivity (Wildman–Crippen MR) is 75.4 cm³/mol. The van der Waals surface area contributed by atoms with Crippen molar-refractivity contribution in [1.82, 2.24) is 5.32 Å². The number of aryl methyl sites for hydroxylation is 1. The number of benzene rings is 2. The van der Waals surface area contributed by atoms with E-state index in [4.69, 9.17) is 16.3 Å². The van der Waals surface area contributed by atoms with Crippen LogP contribution in [0.4, 0.5) is 4.39 Å². The molecule has 19 heavy (non-hydrogen) atoms. The minimum Gasteiger partial charge on any atom is -0.456 e. The molecular weight excluding hydrogens is 265 g/mol. The van der Waals surface area contributed by atoms with Crippen molar-refractivity contribution >= 4 is 11.6 Å². The Bertz CT molecular complexity index is 586. The molecule has 0 bridgehead atoms. The molecule has 0 unspecified atom stereocenters. The molecular formula is C15H15ClFNO. The van der Waals surface area contributed by atoms with Crippen molar-refractivity contribution in [3.8, 4) is 11.5 Å². The Morgan fingerprint density at radius 3 is 2.63 bits per heavy atom. The van der Waals surface area contributed by atoms with Crippen LogP contribution in [0.1, 0.15) is 11.1 Å². The molecule has 2 aromatic rings. The summed E-state index contributed by atoms with van der Waals surface area (Å²) in [6, 6.07) is 10.3. The molecule has 100 valence electrons. The first kappa shape index (κ1) is 13.8. The van der Waals surface area contributed by atoms with Gasteiger partial charge in [0.05, 0.1) is 5.02 Å². The monoisotopic (exact) mass is 279 g/mol. The Kier molecular flexibility index (Phi) is 4.40. The molecule has 0 aromatic heterocycles. The van der Waals surface area contributed by atoms with E-state index in [0.29, 0.717) is 22.1 Å². The van der Waals surface area contributed by atoms with Gasteiger partial charge >= 0.3 is 0 Å². The average Bonchev–Trinajstić information content (AvgIpc) is 2.37. The zero-order valence-electron chi connectivity index (χ0n) is 10.8. The molecule has 0 saturated heterocycles. The molecule has 0 aliphatic carbocycles. The zero-order valence-corrected chi connectivity index (χ0v) is 11.6. The van der Waals surface area contributed by atoms with Gasteiger partial charge in [0.15, 0.2) is 0 Å². The standard InChI is InChI=1S/C15H15ClFNO/c1-10-3-5-12(8-14(10)17)19-15-6-4-11(9-18-2)7-13(15)16/h3-8,18H,9H2,1-2H3. The number of hydrogen-bond acceptors (Lipinski definition) is 2. The summed E-state index contributed by atoms with van der Waals surface area (Å²) in [6.07, 6.45) is 0. The van der Waals surface area contributed by atoms with E-state index in [9.17, 15) is 4.39 Å². The average molecular weight is 280 g/mol. The maximum absolute atomic E-state index is 13.4. The molecule has 2 rings (SSSR count). The third-order valence-corrected chi connectivity index (χ3v) is 3.04. The van der Waals surface area contributed by atoms with E-state index in [2.05, 4.69) is 5.32 Å². The van der Waals surface area contributed by atoms with E-state index in [1.54, 1.807) is 25.1 Å². The largest absolute Gasteiger partial charge is 0.456 e. The van der Waals surface area contributed by atoms with Gasteiger partial charge in [0.25, 0.3) is 0 Å². The first-order valence-corrected chi connectivity index (χ1v) is 6.35. The Morgan fingerprint density at radius 2 is 2.00 bits per heavy atom. The van der Waals surface area contributed by atoms with Gasteiger partial charge in [-0.2, -0.15) is 0 Å². The van der Waals surface area contributed by atoms with Crippen molar-refractivity contribution in [2.45, 2.75) is 13.5 Å². The Balaban J connectivity index is 2.20. The summed E-state index contributed by atoms with van der Waals surface area (Å²) in [5.74, 6) is 0.663. The van der Waals surface area contributed by atoms with E-state index in [1.807, 2.05) is 19.2 Å². The molecule has 0 fully saturated rings. The molecule has 0 saturated carbocycles. The third kappa shape index (κ3) is 3.46. The van der Waals surface area contributed by atoms with Gasteiger partial charge in [-0.1, -0.05) is 23.7 Å². The van der Waals surface area contributed by atoms with Gasteiger partial charge in [-0.15, -0.1) is 0 Å². The van der Waals surface area contributed by atoms with Crippen LogP contribution in [0.3, 0.4) is 0 Å². The highest BCUT2D eigenvalue weighted by Crippen LogP contribution is 2.30. The molecule has 0 aliphatic rings. The fourth-order valence-electron chi connectivity index (χ4n) is 1.71. The lowest BCUT2D eigenvalue weighted by Crippen LogP contribution is -2.04. The topological polar surface area (TPSA) is 21.3 Å². The van der Waals surface area contributed by atoms with Gasteiger partial charge < -0.3 is 10.1 Å². The van der Waals surface area contributed by atoms with Crippen LogP contribution in [-0.4, -0.2) is 7.05 Å². The van der Waals surface area contributed by atoms with Crippen LogP contribution in [0, 0.1) is 12.7 Å². The summed E-state index contributed by atoms with van der Waals surface area (Å²) in [7, 11) is 1.87. The van der Waals surface area contributed by atoms with E-state index in [-0.39, 0.29) is 5.82 Å². The molecule has 0 aliphatic heterocycles. The molecule has 0 heterocycles. The van der Waals surface area contributed by atoms with Gasteiger partial charge in [0.1, 0.15) is 17.3 Å². The van der Waals surface area contributed by atoms with E-state index < -0.39 is 0 Å².